The van der Waals surface area contributed by atoms with Crippen LogP contribution in [0.25, 0.3) is 11.1 Å². The second kappa shape index (κ2) is 11.0. The van der Waals surface area contributed by atoms with E-state index in [9.17, 15) is 4.79 Å². The predicted molar refractivity (Wildman–Crippen MR) is 148 cm³/mol. The quantitative estimate of drug-likeness (QED) is 0.145. The second-order valence-electron chi connectivity index (χ2n) is 9.23. The number of ether oxygens (including phenoxy) is 3. The molecule has 0 fully saturated rings. The molecular weight excluding hydrogens is 476 g/mol. The van der Waals surface area contributed by atoms with Gasteiger partial charge in [-0.05, 0) is 64.6 Å². The Morgan fingerprint density at radius 3 is 1.66 bits per heavy atom. The Morgan fingerprint density at radius 1 is 0.711 bits per heavy atom. The third kappa shape index (κ3) is 4.57. The first-order chi connectivity index (χ1) is 18.6. The number of esters is 1. The van der Waals surface area contributed by atoms with Gasteiger partial charge in [-0.15, -0.1) is 0 Å². The van der Waals surface area contributed by atoms with Gasteiger partial charge in [-0.2, -0.15) is 0 Å². The summed E-state index contributed by atoms with van der Waals surface area (Å²) in [5, 5.41) is 9.14. The van der Waals surface area contributed by atoms with Crippen LogP contribution in [0.2, 0.25) is 0 Å². The average Bonchev–Trinajstić information content (AvgIpc) is 3.26. The third-order valence-electron chi connectivity index (χ3n) is 6.82. The van der Waals surface area contributed by atoms with Crippen LogP contribution in [-0.4, -0.2) is 37.5 Å². The monoisotopic (exact) mass is 506 g/mol. The summed E-state index contributed by atoms with van der Waals surface area (Å²) in [5.74, 6) is 0.994. The smallest absolute Gasteiger partial charge is 0.333 e. The Labute approximate surface area is 222 Å². The van der Waals surface area contributed by atoms with Gasteiger partial charge in [-0.25, -0.2) is 4.79 Å². The molecule has 0 aliphatic heterocycles. The van der Waals surface area contributed by atoms with Gasteiger partial charge in [-0.3, -0.25) is 0 Å². The van der Waals surface area contributed by atoms with E-state index in [0.29, 0.717) is 17.1 Å². The van der Waals surface area contributed by atoms with Crippen LogP contribution in [0.1, 0.15) is 29.2 Å². The minimum absolute atomic E-state index is 0.0306. The summed E-state index contributed by atoms with van der Waals surface area (Å²) in [7, 11) is 0. The molecule has 0 amide bonds. The molecule has 4 aromatic carbocycles. The fourth-order valence-corrected chi connectivity index (χ4v) is 5.21. The predicted octanol–water partition coefficient (Wildman–Crippen LogP) is 5.92. The molecule has 0 bridgehead atoms. The van der Waals surface area contributed by atoms with Gasteiger partial charge < -0.3 is 19.3 Å². The van der Waals surface area contributed by atoms with Crippen LogP contribution >= 0.6 is 0 Å². The highest BCUT2D eigenvalue weighted by Crippen LogP contribution is 2.56. The maximum absolute atomic E-state index is 11.6. The molecule has 192 valence electrons. The minimum Gasteiger partial charge on any atom is -0.491 e. The lowest BCUT2D eigenvalue weighted by Crippen LogP contribution is -2.28. The largest absolute Gasteiger partial charge is 0.491 e. The Balaban J connectivity index is 1.53. The van der Waals surface area contributed by atoms with Crippen LogP contribution in [0.3, 0.4) is 0 Å². The van der Waals surface area contributed by atoms with Gasteiger partial charge in [-0.1, -0.05) is 79.4 Å². The first kappa shape index (κ1) is 25.3. The van der Waals surface area contributed by atoms with Gasteiger partial charge in [0.05, 0.1) is 12.0 Å². The van der Waals surface area contributed by atoms with Crippen LogP contribution < -0.4 is 9.47 Å². The van der Waals surface area contributed by atoms with Crippen LogP contribution in [0, 0.1) is 0 Å². The van der Waals surface area contributed by atoms with Crippen molar-refractivity contribution in [3.8, 4) is 22.6 Å². The van der Waals surface area contributed by atoms with Crippen molar-refractivity contribution in [2.24, 2.45) is 0 Å². The van der Waals surface area contributed by atoms with Crippen LogP contribution in [-0.2, 0) is 14.9 Å². The van der Waals surface area contributed by atoms with Crippen LogP contribution in [0.4, 0.5) is 0 Å². The second-order valence-corrected chi connectivity index (χ2v) is 9.23. The molecule has 0 heterocycles. The zero-order valence-corrected chi connectivity index (χ0v) is 21.4. The SMILES string of the molecule is C=C(C)C(=O)OCCOc1ccc(C2(c3ccc(OCCO)cc3)c3ccccc3-c3ccccc32)cc1. The number of carbonyl (C=O) groups excluding carboxylic acids is 1. The maximum atomic E-state index is 11.6. The minimum atomic E-state index is -0.530. The van der Waals surface area contributed by atoms with Crippen molar-refractivity contribution in [2.75, 3.05) is 26.4 Å². The van der Waals surface area contributed by atoms with Gasteiger partial charge >= 0.3 is 5.97 Å². The molecule has 5 rings (SSSR count). The van der Waals surface area contributed by atoms with Crippen molar-refractivity contribution < 1.29 is 24.1 Å². The number of hydrogen-bond acceptors (Lipinski definition) is 5. The number of fused-ring (bicyclic) bond motifs is 3. The Kier molecular flexibility index (Phi) is 7.29. The maximum Gasteiger partial charge on any atom is 0.333 e. The number of benzene rings is 4. The zero-order chi connectivity index (χ0) is 26.5. The van der Waals surface area contributed by atoms with Gasteiger partial charge in [0.15, 0.2) is 0 Å². The molecule has 0 atom stereocenters. The van der Waals surface area contributed by atoms with E-state index >= 15 is 0 Å². The summed E-state index contributed by atoms with van der Waals surface area (Å²) in [6.07, 6.45) is 0. The molecule has 1 N–H and O–H groups in total. The molecule has 1 aliphatic rings. The lowest BCUT2D eigenvalue weighted by molar-refractivity contribution is -0.139. The first-order valence-electron chi connectivity index (χ1n) is 12.6. The molecule has 0 saturated carbocycles. The van der Waals surface area contributed by atoms with Crippen molar-refractivity contribution >= 4 is 5.97 Å². The van der Waals surface area contributed by atoms with E-state index in [1.165, 1.54) is 22.3 Å². The van der Waals surface area contributed by atoms with Gasteiger partial charge in [0.2, 0.25) is 0 Å². The first-order valence-corrected chi connectivity index (χ1v) is 12.6. The molecule has 1 aliphatic carbocycles. The third-order valence-corrected chi connectivity index (χ3v) is 6.82. The fraction of sp³-hybridized carbons (Fsp3) is 0.182. The summed E-state index contributed by atoms with van der Waals surface area (Å²) >= 11 is 0. The highest BCUT2D eigenvalue weighted by atomic mass is 16.6. The lowest BCUT2D eigenvalue weighted by Gasteiger charge is -2.34. The summed E-state index contributed by atoms with van der Waals surface area (Å²) in [5.41, 5.74) is 6.91. The van der Waals surface area contributed by atoms with Crippen molar-refractivity contribution in [1.29, 1.82) is 0 Å². The molecule has 5 nitrogen and oxygen atoms in total. The van der Waals surface area contributed by atoms with Gasteiger partial charge in [0, 0.05) is 5.57 Å². The van der Waals surface area contributed by atoms with Crippen LogP contribution in [0.5, 0.6) is 11.5 Å². The van der Waals surface area contributed by atoms with E-state index in [2.05, 4.69) is 79.4 Å². The van der Waals surface area contributed by atoms with Crippen molar-refractivity contribution in [1.82, 2.24) is 0 Å². The van der Waals surface area contributed by atoms with Crippen molar-refractivity contribution in [3.63, 3.8) is 0 Å². The lowest BCUT2D eigenvalue weighted by atomic mass is 9.68. The molecule has 5 heteroatoms. The number of rotatable bonds is 10. The normalized spacial score (nSPS) is 12.8. The summed E-state index contributed by atoms with van der Waals surface area (Å²) in [6, 6.07) is 33.3. The van der Waals surface area contributed by atoms with E-state index in [1.54, 1.807) is 6.92 Å². The van der Waals surface area contributed by atoms with Gasteiger partial charge in [0.1, 0.15) is 31.3 Å². The fourth-order valence-electron chi connectivity index (χ4n) is 5.21. The van der Waals surface area contributed by atoms with E-state index in [1.807, 2.05) is 24.3 Å². The van der Waals surface area contributed by atoms with E-state index in [0.717, 1.165) is 11.1 Å². The molecule has 0 aromatic heterocycles. The molecular formula is C33H30O5. The Bertz CT molecular complexity index is 1390. The Hall–Kier alpha value is -4.35. The van der Waals surface area contributed by atoms with Crippen molar-refractivity contribution in [2.45, 2.75) is 12.3 Å². The molecule has 0 spiro atoms. The van der Waals surface area contributed by atoms with E-state index < -0.39 is 11.4 Å². The number of aliphatic hydroxyl groups is 1. The number of hydrogen-bond donors (Lipinski definition) is 1. The molecule has 4 aromatic rings. The molecule has 0 radical (unpaired) electrons. The Morgan fingerprint density at radius 2 is 1.18 bits per heavy atom. The standard InChI is InChI=1S/C33H30O5/c1-23(2)32(35)38-22-21-37-27-17-13-25(14-18-27)33(24-11-15-26(16-12-24)36-20-19-34)30-9-5-3-7-28(30)29-8-4-6-10-31(29)33/h3-18,34H,1,19-22H2,2H3. The van der Waals surface area contributed by atoms with Crippen molar-refractivity contribution in [3.05, 3.63) is 131 Å². The van der Waals surface area contributed by atoms with Gasteiger partial charge in [0.25, 0.3) is 0 Å². The number of aliphatic hydroxyl groups excluding tert-OH is 1. The molecule has 0 unspecified atom stereocenters. The highest BCUT2D eigenvalue weighted by Gasteiger charge is 2.45. The molecule has 0 saturated heterocycles. The summed E-state index contributed by atoms with van der Waals surface area (Å²) in [4.78, 5) is 11.6. The van der Waals surface area contributed by atoms with Crippen LogP contribution in [0.15, 0.2) is 109 Å². The topological polar surface area (TPSA) is 65.0 Å². The van der Waals surface area contributed by atoms with E-state index in [-0.39, 0.29) is 26.4 Å². The highest BCUT2D eigenvalue weighted by molar-refractivity contribution is 5.87. The average molecular weight is 507 g/mol. The zero-order valence-electron chi connectivity index (χ0n) is 21.4. The number of carbonyl (C=O) groups is 1. The summed E-state index contributed by atoms with van der Waals surface area (Å²) in [6.45, 7) is 5.84. The summed E-state index contributed by atoms with van der Waals surface area (Å²) < 4.78 is 16.6. The molecule has 38 heavy (non-hydrogen) atoms. The van der Waals surface area contributed by atoms with E-state index in [4.69, 9.17) is 19.3 Å².